The Labute approximate surface area is 105 Å². The fourth-order valence-electron chi connectivity index (χ4n) is 1.14. The molecule has 0 aromatic rings. The number of carbonyl (C=O) groups excluding carboxylic acids is 3. The first kappa shape index (κ1) is 14.0. The summed E-state index contributed by atoms with van der Waals surface area (Å²) >= 11 is 0. The van der Waals surface area contributed by atoms with Crippen molar-refractivity contribution in [1.82, 2.24) is 10.2 Å². The van der Waals surface area contributed by atoms with Crippen LogP contribution in [0.5, 0.6) is 0 Å². The van der Waals surface area contributed by atoms with Gasteiger partial charge in [-0.2, -0.15) is 0 Å². The van der Waals surface area contributed by atoms with Gasteiger partial charge in [-0.05, 0) is 20.8 Å². The summed E-state index contributed by atoms with van der Waals surface area (Å²) in [5, 5.41) is 2.01. The first-order valence-electron chi connectivity index (χ1n) is 5.43. The van der Waals surface area contributed by atoms with Crippen LogP contribution in [0.4, 0.5) is 9.59 Å². The van der Waals surface area contributed by atoms with E-state index in [2.05, 4.69) is 4.74 Å². The molecule has 18 heavy (non-hydrogen) atoms. The molecule has 0 radical (unpaired) electrons. The molecule has 0 unspecified atom stereocenters. The first-order chi connectivity index (χ1) is 8.28. The van der Waals surface area contributed by atoms with Gasteiger partial charge in [0.05, 0.1) is 6.54 Å². The van der Waals surface area contributed by atoms with E-state index < -0.39 is 23.7 Å². The molecule has 0 aliphatic carbocycles. The summed E-state index contributed by atoms with van der Waals surface area (Å²) in [5.41, 5.74) is -0.674. The highest BCUT2D eigenvalue weighted by atomic mass is 16.6. The van der Waals surface area contributed by atoms with Gasteiger partial charge < -0.3 is 9.47 Å². The van der Waals surface area contributed by atoms with Crippen LogP contribution in [-0.2, 0) is 14.3 Å². The summed E-state index contributed by atoms with van der Waals surface area (Å²) in [7, 11) is 0. The lowest BCUT2D eigenvalue weighted by molar-refractivity contribution is -0.116. The molecule has 1 aliphatic heterocycles. The monoisotopic (exact) mass is 256 g/mol. The van der Waals surface area contributed by atoms with Crippen molar-refractivity contribution in [2.24, 2.45) is 0 Å². The SMILES string of the molecule is CC(C)(C)OC(=O)NC(=O)/C=C\N1CCOC1=O. The van der Waals surface area contributed by atoms with Gasteiger partial charge in [0.2, 0.25) is 0 Å². The molecule has 0 atom stereocenters. The predicted molar refractivity (Wildman–Crippen MR) is 61.6 cm³/mol. The van der Waals surface area contributed by atoms with Gasteiger partial charge in [-0.1, -0.05) is 0 Å². The largest absolute Gasteiger partial charge is 0.447 e. The number of hydrogen-bond donors (Lipinski definition) is 1. The van der Waals surface area contributed by atoms with Gasteiger partial charge in [0.1, 0.15) is 12.2 Å². The standard InChI is InChI=1S/C11H16N2O5/c1-11(2,3)18-9(15)12-8(14)4-5-13-6-7-17-10(13)16/h4-5H,6-7H2,1-3H3,(H,12,14,15)/b5-4-. The van der Waals surface area contributed by atoms with E-state index >= 15 is 0 Å². The number of nitrogens with zero attached hydrogens (tertiary/aromatic N) is 1. The Kier molecular flexibility index (Phi) is 4.30. The smallest absolute Gasteiger partial charge is 0.414 e. The van der Waals surface area contributed by atoms with Crippen molar-refractivity contribution in [2.45, 2.75) is 26.4 Å². The quantitative estimate of drug-likeness (QED) is 0.745. The highest BCUT2D eigenvalue weighted by Crippen LogP contribution is 2.06. The molecule has 7 nitrogen and oxygen atoms in total. The molecule has 1 fully saturated rings. The number of ether oxygens (including phenoxy) is 2. The van der Waals surface area contributed by atoms with Gasteiger partial charge in [0, 0.05) is 12.3 Å². The summed E-state index contributed by atoms with van der Waals surface area (Å²) in [5.74, 6) is -0.663. The van der Waals surface area contributed by atoms with Gasteiger partial charge in [-0.3, -0.25) is 15.0 Å². The lowest BCUT2D eigenvalue weighted by Gasteiger charge is -2.18. The molecular weight excluding hydrogens is 240 g/mol. The molecule has 1 heterocycles. The second-order valence-corrected chi connectivity index (χ2v) is 4.61. The summed E-state index contributed by atoms with van der Waals surface area (Å²) in [4.78, 5) is 34.8. The Morgan fingerprint density at radius 3 is 2.61 bits per heavy atom. The molecule has 0 saturated carbocycles. The van der Waals surface area contributed by atoms with Gasteiger partial charge in [0.15, 0.2) is 0 Å². The van der Waals surface area contributed by atoms with Crippen molar-refractivity contribution in [3.63, 3.8) is 0 Å². The minimum absolute atomic E-state index is 0.289. The van der Waals surface area contributed by atoms with E-state index in [-0.39, 0.29) is 6.61 Å². The first-order valence-corrected chi connectivity index (χ1v) is 5.43. The van der Waals surface area contributed by atoms with Gasteiger partial charge in [-0.15, -0.1) is 0 Å². The van der Waals surface area contributed by atoms with Crippen LogP contribution >= 0.6 is 0 Å². The van der Waals surface area contributed by atoms with Crippen molar-refractivity contribution in [3.8, 4) is 0 Å². The molecule has 1 rings (SSSR count). The van der Waals surface area contributed by atoms with Crippen LogP contribution in [0, 0.1) is 0 Å². The van der Waals surface area contributed by atoms with Crippen LogP contribution in [-0.4, -0.2) is 41.7 Å². The highest BCUT2D eigenvalue weighted by Gasteiger charge is 2.20. The van der Waals surface area contributed by atoms with Crippen LogP contribution < -0.4 is 5.32 Å². The number of nitrogens with one attached hydrogen (secondary N) is 1. The molecule has 0 aromatic heterocycles. The second kappa shape index (κ2) is 5.52. The summed E-state index contributed by atoms with van der Waals surface area (Å²) in [6.45, 7) is 5.74. The third kappa shape index (κ3) is 4.86. The lowest BCUT2D eigenvalue weighted by atomic mass is 10.2. The lowest BCUT2D eigenvalue weighted by Crippen LogP contribution is -2.35. The fourth-order valence-corrected chi connectivity index (χ4v) is 1.14. The van der Waals surface area contributed by atoms with Crippen molar-refractivity contribution in [2.75, 3.05) is 13.2 Å². The molecule has 3 amide bonds. The maximum atomic E-state index is 11.3. The fraction of sp³-hybridized carbons (Fsp3) is 0.545. The molecule has 0 bridgehead atoms. The van der Waals surface area contributed by atoms with E-state index in [1.165, 1.54) is 11.1 Å². The van der Waals surface area contributed by atoms with E-state index in [1.807, 2.05) is 5.32 Å². The second-order valence-electron chi connectivity index (χ2n) is 4.61. The number of hydrogen-bond acceptors (Lipinski definition) is 5. The van der Waals surface area contributed by atoms with Crippen LogP contribution in [0.25, 0.3) is 0 Å². The Morgan fingerprint density at radius 2 is 2.11 bits per heavy atom. The topological polar surface area (TPSA) is 84.9 Å². The Bertz CT molecular complexity index is 383. The Morgan fingerprint density at radius 1 is 1.44 bits per heavy atom. The van der Waals surface area contributed by atoms with Crippen LogP contribution in [0.1, 0.15) is 20.8 Å². The molecule has 1 saturated heterocycles. The van der Waals surface area contributed by atoms with Crippen LogP contribution in [0.2, 0.25) is 0 Å². The maximum absolute atomic E-state index is 11.3. The Balaban J connectivity index is 2.39. The minimum Gasteiger partial charge on any atom is -0.447 e. The maximum Gasteiger partial charge on any atom is 0.414 e. The van der Waals surface area contributed by atoms with E-state index in [0.29, 0.717) is 6.54 Å². The zero-order chi connectivity index (χ0) is 13.8. The third-order valence-corrected chi connectivity index (χ3v) is 1.82. The zero-order valence-corrected chi connectivity index (χ0v) is 10.6. The van der Waals surface area contributed by atoms with E-state index in [0.717, 1.165) is 6.08 Å². The molecule has 1 aliphatic rings. The summed E-state index contributed by atoms with van der Waals surface area (Å²) in [6.07, 6.45) is 0.975. The van der Waals surface area contributed by atoms with E-state index in [4.69, 9.17) is 4.74 Å². The normalized spacial score (nSPS) is 15.7. The highest BCUT2D eigenvalue weighted by molar-refractivity contribution is 5.98. The van der Waals surface area contributed by atoms with Crippen molar-refractivity contribution in [1.29, 1.82) is 0 Å². The molecule has 7 heteroatoms. The van der Waals surface area contributed by atoms with Gasteiger partial charge in [-0.25, -0.2) is 9.59 Å². The predicted octanol–water partition coefficient (Wildman–Crippen LogP) is 1.00. The molecule has 0 spiro atoms. The number of carbonyl (C=O) groups is 3. The molecule has 0 aromatic carbocycles. The van der Waals surface area contributed by atoms with Crippen molar-refractivity contribution >= 4 is 18.1 Å². The molecule has 1 N–H and O–H groups in total. The van der Waals surface area contributed by atoms with Gasteiger partial charge in [0.25, 0.3) is 5.91 Å². The number of amides is 3. The summed E-state index contributed by atoms with van der Waals surface area (Å²) < 4.78 is 9.55. The third-order valence-electron chi connectivity index (χ3n) is 1.82. The number of rotatable bonds is 2. The summed E-state index contributed by atoms with van der Waals surface area (Å²) in [6, 6.07) is 0. The zero-order valence-electron chi connectivity index (χ0n) is 10.6. The minimum atomic E-state index is -0.832. The number of alkyl carbamates (subject to hydrolysis) is 1. The van der Waals surface area contributed by atoms with Crippen LogP contribution in [0.15, 0.2) is 12.3 Å². The molecule has 100 valence electrons. The van der Waals surface area contributed by atoms with Crippen molar-refractivity contribution in [3.05, 3.63) is 12.3 Å². The average molecular weight is 256 g/mol. The van der Waals surface area contributed by atoms with E-state index in [1.54, 1.807) is 20.8 Å². The number of cyclic esters (lactones) is 1. The van der Waals surface area contributed by atoms with Crippen molar-refractivity contribution < 1.29 is 23.9 Å². The average Bonchev–Trinajstić information content (AvgIpc) is 2.57. The van der Waals surface area contributed by atoms with Gasteiger partial charge >= 0.3 is 12.2 Å². The van der Waals surface area contributed by atoms with Crippen LogP contribution in [0.3, 0.4) is 0 Å². The van der Waals surface area contributed by atoms with E-state index in [9.17, 15) is 14.4 Å². The molecular formula is C11H16N2O5. The number of imide groups is 1. The Hall–Kier alpha value is -2.05.